The SMILES string of the molecule is O=C1Nc2c(OCc3ccccc3)c(Cl)c3c(c2C1=O)CCCC3. The Balaban J connectivity index is 1.79. The van der Waals surface area contributed by atoms with Gasteiger partial charge in [-0.05, 0) is 42.4 Å². The van der Waals surface area contributed by atoms with Crippen molar-refractivity contribution in [3.63, 3.8) is 0 Å². The number of carbonyl (C=O) groups excluding carboxylic acids is 2. The van der Waals surface area contributed by atoms with Crippen molar-refractivity contribution in [1.82, 2.24) is 0 Å². The Morgan fingerprint density at radius 2 is 1.75 bits per heavy atom. The lowest BCUT2D eigenvalue weighted by molar-refractivity contribution is -0.112. The van der Waals surface area contributed by atoms with Crippen molar-refractivity contribution in [2.45, 2.75) is 32.3 Å². The van der Waals surface area contributed by atoms with Crippen LogP contribution >= 0.6 is 11.6 Å². The largest absolute Gasteiger partial charge is 0.485 e. The van der Waals surface area contributed by atoms with Crippen LogP contribution in [0.2, 0.25) is 5.02 Å². The van der Waals surface area contributed by atoms with Gasteiger partial charge in [0.1, 0.15) is 6.61 Å². The molecule has 24 heavy (non-hydrogen) atoms. The molecule has 0 saturated heterocycles. The number of rotatable bonds is 3. The number of hydrogen-bond acceptors (Lipinski definition) is 3. The van der Waals surface area contributed by atoms with Crippen molar-refractivity contribution >= 4 is 29.0 Å². The van der Waals surface area contributed by atoms with Crippen LogP contribution in [0.4, 0.5) is 5.69 Å². The number of benzene rings is 2. The maximum Gasteiger partial charge on any atom is 0.296 e. The molecule has 0 atom stereocenters. The summed E-state index contributed by atoms with van der Waals surface area (Å²) in [5, 5.41) is 3.17. The minimum absolute atomic E-state index is 0.329. The van der Waals surface area contributed by atoms with E-state index in [0.29, 0.717) is 28.6 Å². The van der Waals surface area contributed by atoms with Gasteiger partial charge in [0.15, 0.2) is 5.75 Å². The van der Waals surface area contributed by atoms with Crippen LogP contribution in [-0.4, -0.2) is 11.7 Å². The lowest BCUT2D eigenvalue weighted by Crippen LogP contribution is -2.14. The number of fused-ring (bicyclic) bond motifs is 3. The van der Waals surface area contributed by atoms with Crippen LogP contribution < -0.4 is 10.1 Å². The molecule has 1 heterocycles. The number of hydrogen-bond donors (Lipinski definition) is 1. The van der Waals surface area contributed by atoms with Crippen molar-refractivity contribution in [1.29, 1.82) is 0 Å². The van der Waals surface area contributed by atoms with Gasteiger partial charge in [-0.3, -0.25) is 9.59 Å². The van der Waals surface area contributed by atoms with Gasteiger partial charge in [0, 0.05) is 0 Å². The zero-order valence-electron chi connectivity index (χ0n) is 13.0. The normalized spacial score (nSPS) is 15.7. The molecular formula is C19H16ClNO3. The molecule has 1 amide bonds. The van der Waals surface area contributed by atoms with Crippen LogP contribution in [0.25, 0.3) is 0 Å². The van der Waals surface area contributed by atoms with Gasteiger partial charge in [0.25, 0.3) is 11.7 Å². The van der Waals surface area contributed by atoms with E-state index in [-0.39, 0.29) is 0 Å². The molecule has 0 spiro atoms. The van der Waals surface area contributed by atoms with Gasteiger partial charge in [-0.1, -0.05) is 41.9 Å². The van der Waals surface area contributed by atoms with Crippen LogP contribution in [-0.2, 0) is 24.2 Å². The van der Waals surface area contributed by atoms with Crippen molar-refractivity contribution in [2.75, 3.05) is 5.32 Å². The van der Waals surface area contributed by atoms with E-state index in [9.17, 15) is 9.59 Å². The topological polar surface area (TPSA) is 55.4 Å². The maximum atomic E-state index is 12.3. The molecule has 122 valence electrons. The van der Waals surface area contributed by atoms with Crippen LogP contribution in [0.15, 0.2) is 30.3 Å². The van der Waals surface area contributed by atoms with Crippen LogP contribution in [0.1, 0.15) is 39.9 Å². The van der Waals surface area contributed by atoms with Gasteiger partial charge in [-0.25, -0.2) is 0 Å². The second-order valence-corrected chi connectivity index (χ2v) is 6.49. The molecule has 1 N–H and O–H groups in total. The summed E-state index contributed by atoms with van der Waals surface area (Å²) in [4.78, 5) is 24.2. The monoisotopic (exact) mass is 341 g/mol. The highest BCUT2D eigenvalue weighted by molar-refractivity contribution is 6.53. The molecule has 1 aliphatic carbocycles. The number of Topliss-reactive ketones (excluding diaryl/α,β-unsaturated/α-hetero) is 1. The quantitative estimate of drug-likeness (QED) is 0.860. The third-order valence-electron chi connectivity index (χ3n) is 4.61. The first kappa shape index (κ1) is 15.2. The van der Waals surface area contributed by atoms with Gasteiger partial charge >= 0.3 is 0 Å². The standard InChI is InChI=1S/C19H16ClNO3/c20-15-13-9-5-4-8-12(13)14-16(21-19(23)17(14)22)18(15)24-10-11-6-2-1-3-7-11/h1-3,6-7H,4-5,8-10H2,(H,21,22,23). The predicted octanol–water partition coefficient (Wildman–Crippen LogP) is 3.93. The van der Waals surface area contributed by atoms with Gasteiger partial charge < -0.3 is 10.1 Å². The molecular weight excluding hydrogens is 326 g/mol. The van der Waals surface area contributed by atoms with Crippen molar-refractivity contribution < 1.29 is 14.3 Å². The third kappa shape index (κ3) is 2.38. The summed E-state index contributed by atoms with van der Waals surface area (Å²) in [6.45, 7) is 0.329. The maximum absolute atomic E-state index is 12.3. The molecule has 0 fully saturated rings. The molecule has 1 aliphatic heterocycles. The number of amides is 1. The van der Waals surface area contributed by atoms with Crippen LogP contribution in [0, 0.1) is 0 Å². The van der Waals surface area contributed by atoms with E-state index in [4.69, 9.17) is 16.3 Å². The minimum Gasteiger partial charge on any atom is -0.485 e. The summed E-state index contributed by atoms with van der Waals surface area (Å²) in [6, 6.07) is 9.71. The van der Waals surface area contributed by atoms with E-state index < -0.39 is 11.7 Å². The fraction of sp³-hybridized carbons (Fsp3) is 0.263. The summed E-state index contributed by atoms with van der Waals surface area (Å²) in [6.07, 6.45) is 3.61. The Bertz CT molecular complexity index is 846. The number of ketones is 1. The summed E-state index contributed by atoms with van der Waals surface area (Å²) >= 11 is 6.58. The molecule has 5 heteroatoms. The first-order chi connectivity index (χ1) is 11.7. The Kier molecular flexibility index (Phi) is 3.77. The average molecular weight is 342 g/mol. The second kappa shape index (κ2) is 5.95. The van der Waals surface area contributed by atoms with Crippen molar-refractivity contribution in [3.8, 4) is 5.75 Å². The summed E-state index contributed by atoms with van der Waals surface area (Å²) in [5.74, 6) is -0.677. The predicted molar refractivity (Wildman–Crippen MR) is 91.8 cm³/mol. The third-order valence-corrected chi connectivity index (χ3v) is 5.01. The Labute approximate surface area is 144 Å². The average Bonchev–Trinajstić information content (AvgIpc) is 2.91. The van der Waals surface area contributed by atoms with E-state index in [2.05, 4.69) is 5.32 Å². The molecule has 0 radical (unpaired) electrons. The van der Waals surface area contributed by atoms with Gasteiger partial charge in [0.05, 0.1) is 16.3 Å². The minimum atomic E-state index is -0.607. The summed E-state index contributed by atoms with van der Waals surface area (Å²) in [7, 11) is 0. The molecule has 2 aromatic carbocycles. The van der Waals surface area contributed by atoms with E-state index in [1.807, 2.05) is 30.3 Å². The highest BCUT2D eigenvalue weighted by atomic mass is 35.5. The summed E-state index contributed by atoms with van der Waals surface area (Å²) < 4.78 is 5.93. The molecule has 4 rings (SSSR count). The Hall–Kier alpha value is -2.33. The van der Waals surface area contributed by atoms with E-state index in [0.717, 1.165) is 42.4 Å². The number of anilines is 1. The summed E-state index contributed by atoms with van der Waals surface area (Å²) in [5.41, 5.74) is 3.76. The van der Waals surface area contributed by atoms with Gasteiger partial charge in [0.2, 0.25) is 0 Å². The molecule has 2 aromatic rings. The molecule has 0 aromatic heterocycles. The molecule has 0 bridgehead atoms. The fourth-order valence-corrected chi connectivity index (χ4v) is 3.81. The first-order valence-electron chi connectivity index (χ1n) is 8.06. The van der Waals surface area contributed by atoms with Crippen molar-refractivity contribution in [2.24, 2.45) is 0 Å². The Morgan fingerprint density at radius 1 is 1.04 bits per heavy atom. The smallest absolute Gasteiger partial charge is 0.296 e. The second-order valence-electron chi connectivity index (χ2n) is 6.11. The van der Waals surface area contributed by atoms with Crippen LogP contribution in [0.3, 0.4) is 0 Å². The zero-order chi connectivity index (χ0) is 16.7. The van der Waals surface area contributed by atoms with Gasteiger partial charge in [-0.2, -0.15) is 0 Å². The molecule has 4 nitrogen and oxygen atoms in total. The van der Waals surface area contributed by atoms with E-state index in [1.54, 1.807) is 0 Å². The molecule has 0 saturated carbocycles. The van der Waals surface area contributed by atoms with Crippen LogP contribution in [0.5, 0.6) is 5.75 Å². The number of halogens is 1. The zero-order valence-corrected chi connectivity index (χ0v) is 13.8. The molecule has 2 aliphatic rings. The fourth-order valence-electron chi connectivity index (χ4n) is 3.45. The molecule has 0 unspecified atom stereocenters. The van der Waals surface area contributed by atoms with E-state index >= 15 is 0 Å². The highest BCUT2D eigenvalue weighted by Crippen LogP contribution is 2.46. The van der Waals surface area contributed by atoms with E-state index in [1.165, 1.54) is 0 Å². The lowest BCUT2D eigenvalue weighted by Gasteiger charge is -2.22. The van der Waals surface area contributed by atoms with Crippen molar-refractivity contribution in [3.05, 3.63) is 57.6 Å². The highest BCUT2D eigenvalue weighted by Gasteiger charge is 2.37. The Morgan fingerprint density at radius 3 is 2.50 bits per heavy atom. The number of carbonyl (C=O) groups is 2. The number of ether oxygens (including phenoxy) is 1. The first-order valence-corrected chi connectivity index (χ1v) is 8.44. The van der Waals surface area contributed by atoms with Gasteiger partial charge in [-0.15, -0.1) is 0 Å². The number of nitrogens with one attached hydrogen (secondary N) is 1. The lowest BCUT2D eigenvalue weighted by atomic mass is 9.86.